The van der Waals surface area contributed by atoms with Crippen molar-refractivity contribution >= 4 is 0 Å². The Morgan fingerprint density at radius 2 is 2.20 bits per heavy atom. The fourth-order valence-corrected chi connectivity index (χ4v) is 1.32. The molecule has 0 amide bonds. The van der Waals surface area contributed by atoms with E-state index in [-0.39, 0.29) is 0 Å². The van der Waals surface area contributed by atoms with Crippen LogP contribution in [0.2, 0.25) is 0 Å². The van der Waals surface area contributed by atoms with Crippen molar-refractivity contribution in [1.29, 1.82) is 0 Å². The number of rotatable bonds is 4. The second kappa shape index (κ2) is 4.31. The Morgan fingerprint density at radius 1 is 1.33 bits per heavy atom. The Balaban J connectivity index is 1.83. The van der Waals surface area contributed by atoms with Gasteiger partial charge in [-0.2, -0.15) is 0 Å². The Morgan fingerprint density at radius 3 is 2.80 bits per heavy atom. The molecule has 2 aromatic heterocycles. The van der Waals surface area contributed by atoms with E-state index in [0.29, 0.717) is 13.1 Å². The van der Waals surface area contributed by atoms with Gasteiger partial charge in [0.2, 0.25) is 5.89 Å². The van der Waals surface area contributed by atoms with Crippen molar-refractivity contribution in [1.82, 2.24) is 10.3 Å². The van der Waals surface area contributed by atoms with Crippen LogP contribution in [0.4, 0.5) is 0 Å². The molecule has 0 aliphatic rings. The van der Waals surface area contributed by atoms with E-state index in [1.807, 2.05) is 26.0 Å². The van der Waals surface area contributed by atoms with Crippen molar-refractivity contribution < 1.29 is 8.83 Å². The van der Waals surface area contributed by atoms with E-state index in [0.717, 1.165) is 23.1 Å². The highest BCUT2D eigenvalue weighted by Crippen LogP contribution is 2.08. The molecule has 0 unspecified atom stereocenters. The molecule has 2 heterocycles. The van der Waals surface area contributed by atoms with Gasteiger partial charge in [0.15, 0.2) is 0 Å². The van der Waals surface area contributed by atoms with Crippen molar-refractivity contribution in [2.24, 2.45) is 0 Å². The molecule has 4 heteroatoms. The van der Waals surface area contributed by atoms with Gasteiger partial charge in [0.1, 0.15) is 11.5 Å². The summed E-state index contributed by atoms with van der Waals surface area (Å²) in [5.74, 6) is 2.51. The quantitative estimate of drug-likeness (QED) is 0.833. The Bertz CT molecular complexity index is 398. The molecule has 0 saturated carbocycles. The summed E-state index contributed by atoms with van der Waals surface area (Å²) in [4.78, 5) is 4.27. The van der Waals surface area contributed by atoms with Crippen LogP contribution in [0.25, 0.3) is 0 Å². The smallest absolute Gasteiger partial charge is 0.208 e. The molecule has 0 spiro atoms. The van der Waals surface area contributed by atoms with Crippen LogP contribution in [-0.2, 0) is 13.1 Å². The Kier molecular flexibility index (Phi) is 2.87. The van der Waals surface area contributed by atoms with Crippen molar-refractivity contribution in [3.63, 3.8) is 0 Å². The summed E-state index contributed by atoms with van der Waals surface area (Å²) in [7, 11) is 0. The lowest BCUT2D eigenvalue weighted by molar-refractivity contribution is 0.431. The summed E-state index contributed by atoms with van der Waals surface area (Å²) in [6, 6.07) is 3.80. The number of hydrogen-bond donors (Lipinski definition) is 1. The maximum Gasteiger partial charge on any atom is 0.208 e. The summed E-state index contributed by atoms with van der Waals surface area (Å²) in [6.07, 6.45) is 1.66. The number of aryl methyl sites for hydroxylation is 2. The SMILES string of the molecule is Cc1nc(CNCc2ccco2)oc1C. The van der Waals surface area contributed by atoms with Crippen molar-refractivity contribution in [3.05, 3.63) is 41.5 Å². The van der Waals surface area contributed by atoms with Gasteiger partial charge in [-0.25, -0.2) is 4.98 Å². The topological polar surface area (TPSA) is 51.2 Å². The standard InChI is InChI=1S/C11H14N2O2/c1-8-9(2)15-11(13-8)7-12-6-10-4-3-5-14-10/h3-5,12H,6-7H2,1-2H3. The minimum Gasteiger partial charge on any atom is -0.468 e. The fraction of sp³-hybridized carbons (Fsp3) is 0.364. The Hall–Kier alpha value is -1.55. The molecular formula is C11H14N2O2. The summed E-state index contributed by atoms with van der Waals surface area (Å²) in [5, 5.41) is 3.19. The summed E-state index contributed by atoms with van der Waals surface area (Å²) < 4.78 is 10.6. The second-order valence-electron chi connectivity index (χ2n) is 3.43. The molecule has 0 aromatic carbocycles. The molecule has 0 saturated heterocycles. The molecule has 0 atom stereocenters. The highest BCUT2D eigenvalue weighted by atomic mass is 16.4. The minimum absolute atomic E-state index is 0.620. The highest BCUT2D eigenvalue weighted by Gasteiger charge is 2.04. The van der Waals surface area contributed by atoms with Crippen LogP contribution in [0.15, 0.2) is 27.2 Å². The molecule has 0 bridgehead atoms. The molecule has 2 rings (SSSR count). The first-order chi connectivity index (χ1) is 7.25. The van der Waals surface area contributed by atoms with E-state index in [1.54, 1.807) is 6.26 Å². The lowest BCUT2D eigenvalue weighted by Gasteiger charge is -1.97. The number of oxazole rings is 1. The molecule has 2 aromatic rings. The van der Waals surface area contributed by atoms with Gasteiger partial charge in [-0.3, -0.25) is 0 Å². The Labute approximate surface area is 88.3 Å². The summed E-state index contributed by atoms with van der Waals surface area (Å²) in [6.45, 7) is 5.16. The first-order valence-electron chi connectivity index (χ1n) is 4.91. The van der Waals surface area contributed by atoms with Gasteiger partial charge in [-0.1, -0.05) is 0 Å². The van der Waals surface area contributed by atoms with Crippen LogP contribution < -0.4 is 5.32 Å². The van der Waals surface area contributed by atoms with E-state index < -0.39 is 0 Å². The monoisotopic (exact) mass is 206 g/mol. The van der Waals surface area contributed by atoms with E-state index >= 15 is 0 Å². The molecule has 0 aliphatic heterocycles. The average Bonchev–Trinajstić information content (AvgIpc) is 2.79. The molecule has 1 N–H and O–H groups in total. The molecule has 0 fully saturated rings. The minimum atomic E-state index is 0.620. The van der Waals surface area contributed by atoms with E-state index in [2.05, 4.69) is 10.3 Å². The summed E-state index contributed by atoms with van der Waals surface area (Å²) >= 11 is 0. The van der Waals surface area contributed by atoms with Crippen LogP contribution in [-0.4, -0.2) is 4.98 Å². The van der Waals surface area contributed by atoms with Crippen LogP contribution in [0, 0.1) is 13.8 Å². The van der Waals surface area contributed by atoms with Crippen molar-refractivity contribution in [2.75, 3.05) is 0 Å². The maximum absolute atomic E-state index is 5.43. The van der Waals surface area contributed by atoms with Gasteiger partial charge in [-0.15, -0.1) is 0 Å². The first kappa shape index (κ1) is 9.98. The van der Waals surface area contributed by atoms with Crippen LogP contribution in [0.1, 0.15) is 23.1 Å². The van der Waals surface area contributed by atoms with Gasteiger partial charge < -0.3 is 14.2 Å². The van der Waals surface area contributed by atoms with Crippen molar-refractivity contribution in [2.45, 2.75) is 26.9 Å². The molecule has 80 valence electrons. The normalized spacial score (nSPS) is 10.8. The number of furan rings is 1. The third kappa shape index (κ3) is 2.47. The van der Waals surface area contributed by atoms with Gasteiger partial charge in [0.05, 0.1) is 25.0 Å². The second-order valence-corrected chi connectivity index (χ2v) is 3.43. The van der Waals surface area contributed by atoms with Gasteiger partial charge in [0.25, 0.3) is 0 Å². The molecule has 4 nitrogen and oxygen atoms in total. The van der Waals surface area contributed by atoms with Crippen molar-refractivity contribution in [3.8, 4) is 0 Å². The predicted octanol–water partition coefficient (Wildman–Crippen LogP) is 2.17. The first-order valence-corrected chi connectivity index (χ1v) is 4.91. The van der Waals surface area contributed by atoms with E-state index in [9.17, 15) is 0 Å². The van der Waals surface area contributed by atoms with Crippen LogP contribution in [0.3, 0.4) is 0 Å². The van der Waals surface area contributed by atoms with Crippen LogP contribution >= 0.6 is 0 Å². The largest absolute Gasteiger partial charge is 0.468 e. The third-order valence-corrected chi connectivity index (χ3v) is 2.23. The van der Waals surface area contributed by atoms with Gasteiger partial charge in [0, 0.05) is 0 Å². The number of aromatic nitrogens is 1. The zero-order valence-electron chi connectivity index (χ0n) is 8.91. The molecule has 0 aliphatic carbocycles. The lowest BCUT2D eigenvalue weighted by atomic mass is 10.4. The molecule has 0 radical (unpaired) electrons. The van der Waals surface area contributed by atoms with Gasteiger partial charge in [-0.05, 0) is 26.0 Å². The highest BCUT2D eigenvalue weighted by molar-refractivity contribution is 5.05. The number of nitrogens with one attached hydrogen (secondary N) is 1. The van der Waals surface area contributed by atoms with Gasteiger partial charge >= 0.3 is 0 Å². The average molecular weight is 206 g/mol. The molecule has 15 heavy (non-hydrogen) atoms. The zero-order valence-corrected chi connectivity index (χ0v) is 8.91. The number of nitrogens with zero attached hydrogens (tertiary/aromatic N) is 1. The number of hydrogen-bond acceptors (Lipinski definition) is 4. The molecular weight excluding hydrogens is 192 g/mol. The summed E-state index contributed by atoms with van der Waals surface area (Å²) in [5.41, 5.74) is 0.949. The van der Waals surface area contributed by atoms with E-state index in [1.165, 1.54) is 0 Å². The van der Waals surface area contributed by atoms with E-state index in [4.69, 9.17) is 8.83 Å². The predicted molar refractivity (Wildman–Crippen MR) is 55.2 cm³/mol. The fourth-order valence-electron chi connectivity index (χ4n) is 1.32. The third-order valence-electron chi connectivity index (χ3n) is 2.23. The lowest BCUT2D eigenvalue weighted by Crippen LogP contribution is -2.12. The zero-order chi connectivity index (χ0) is 10.7. The van der Waals surface area contributed by atoms with Crippen LogP contribution in [0.5, 0.6) is 0 Å². The maximum atomic E-state index is 5.43.